The van der Waals surface area contributed by atoms with Crippen LogP contribution in [0.4, 0.5) is 5.69 Å². The molecular weight excluding hydrogens is 546 g/mol. The van der Waals surface area contributed by atoms with Crippen LogP contribution in [0.15, 0.2) is 104 Å². The number of aromatic nitrogens is 3. The van der Waals surface area contributed by atoms with E-state index in [1.54, 1.807) is 4.68 Å². The van der Waals surface area contributed by atoms with Gasteiger partial charge < -0.3 is 0 Å². The molecule has 0 saturated heterocycles. The minimum Gasteiger partial charge on any atom is -0.283 e. The molecule has 0 spiro atoms. The van der Waals surface area contributed by atoms with Gasteiger partial charge in [-0.2, -0.15) is 5.10 Å². The molecule has 186 valence electrons. The Morgan fingerprint density at radius 1 is 0.919 bits per heavy atom. The molecule has 2 aromatic heterocycles. The molecule has 6 nitrogen and oxygen atoms in total. The predicted molar refractivity (Wildman–Crippen MR) is 155 cm³/mol. The molecule has 37 heavy (non-hydrogen) atoms. The lowest BCUT2D eigenvalue weighted by molar-refractivity contribution is 0.630. The Kier molecular flexibility index (Phi) is 6.95. The van der Waals surface area contributed by atoms with Crippen LogP contribution < -0.4 is 10.4 Å². The Morgan fingerprint density at radius 2 is 1.59 bits per heavy atom. The molecule has 2 heterocycles. The van der Waals surface area contributed by atoms with Gasteiger partial charge in [-0.15, -0.1) is 11.3 Å². The van der Waals surface area contributed by atoms with Crippen LogP contribution in [0.1, 0.15) is 23.7 Å². The van der Waals surface area contributed by atoms with Crippen LogP contribution in [0.5, 0.6) is 0 Å². The van der Waals surface area contributed by atoms with Crippen LogP contribution in [0.25, 0.3) is 16.9 Å². The molecule has 0 amide bonds. The monoisotopic (exact) mass is 571 g/mol. The highest BCUT2D eigenvalue weighted by Gasteiger charge is 2.17. The molecular formula is C29H26BrN5OS. The largest absolute Gasteiger partial charge is 0.297 e. The third-order valence-corrected chi connectivity index (χ3v) is 7.79. The van der Waals surface area contributed by atoms with Crippen molar-refractivity contribution in [3.05, 3.63) is 121 Å². The molecule has 0 unspecified atom stereocenters. The maximum Gasteiger partial charge on any atom is 0.297 e. The lowest BCUT2D eigenvalue weighted by Gasteiger charge is -2.08. The number of nitrogens with zero attached hydrogens (tertiary/aromatic N) is 5. The first-order valence-electron chi connectivity index (χ1n) is 11.8. The van der Waals surface area contributed by atoms with Crippen molar-refractivity contribution >= 4 is 38.7 Å². The third-order valence-electron chi connectivity index (χ3n) is 6.29. The van der Waals surface area contributed by atoms with Gasteiger partial charge in [0.25, 0.3) is 5.56 Å². The lowest BCUT2D eigenvalue weighted by atomic mass is 10.1. The zero-order chi connectivity index (χ0) is 26.1. The van der Waals surface area contributed by atoms with Crippen molar-refractivity contribution < 1.29 is 0 Å². The van der Waals surface area contributed by atoms with Gasteiger partial charge in [0.1, 0.15) is 0 Å². The number of benzene rings is 3. The fourth-order valence-corrected chi connectivity index (χ4v) is 5.42. The first kappa shape index (κ1) is 24.9. The number of halogens is 1. The second kappa shape index (κ2) is 10.3. The average molecular weight is 573 g/mol. The summed E-state index contributed by atoms with van der Waals surface area (Å²) in [5.74, 6) is 0. The Morgan fingerprint density at radius 3 is 2.30 bits per heavy atom. The highest BCUT2D eigenvalue weighted by Crippen LogP contribution is 2.29. The first-order chi connectivity index (χ1) is 17.8. The van der Waals surface area contributed by atoms with Crippen LogP contribution in [-0.4, -0.2) is 19.8 Å². The number of hydrogen-bond acceptors (Lipinski definition) is 4. The Balaban J connectivity index is 1.74. The summed E-state index contributed by atoms with van der Waals surface area (Å²) < 4.78 is 6.27. The maximum atomic E-state index is 13.5. The highest BCUT2D eigenvalue weighted by molar-refractivity contribution is 9.10. The van der Waals surface area contributed by atoms with Crippen LogP contribution >= 0.6 is 27.3 Å². The third kappa shape index (κ3) is 4.82. The Bertz CT molecular complexity index is 1740. The van der Waals surface area contributed by atoms with E-state index in [4.69, 9.17) is 10.1 Å². The summed E-state index contributed by atoms with van der Waals surface area (Å²) in [7, 11) is 1.87. The molecule has 0 atom stereocenters. The standard InChI is InChI=1S/C29H26BrN5OS/c1-19-14-16-22(17-15-19)20(2)32-34-26(24-12-8-9-13-25(24)30)18-37-29(34)31-27-21(3)33(4)35(28(27)36)23-10-6-5-7-11-23/h5-18H,1-4H3. The van der Waals surface area contributed by atoms with Gasteiger partial charge in [-0.05, 0) is 44.5 Å². The fourth-order valence-electron chi connectivity index (χ4n) is 4.11. The zero-order valence-corrected chi connectivity index (χ0v) is 23.4. The molecule has 0 radical (unpaired) electrons. The quantitative estimate of drug-likeness (QED) is 0.219. The smallest absolute Gasteiger partial charge is 0.283 e. The van der Waals surface area contributed by atoms with E-state index in [1.807, 2.05) is 90.2 Å². The van der Waals surface area contributed by atoms with Gasteiger partial charge in [-0.3, -0.25) is 9.48 Å². The molecule has 3 aromatic carbocycles. The van der Waals surface area contributed by atoms with Crippen molar-refractivity contribution in [1.29, 1.82) is 0 Å². The number of thiazole rings is 1. The van der Waals surface area contributed by atoms with Gasteiger partial charge in [-0.1, -0.05) is 82.2 Å². The molecule has 0 fully saturated rings. The van der Waals surface area contributed by atoms with E-state index in [0.717, 1.165) is 38.4 Å². The molecule has 0 aliphatic heterocycles. The topological polar surface area (TPSA) is 56.6 Å². The van der Waals surface area contributed by atoms with Crippen LogP contribution in [-0.2, 0) is 7.05 Å². The summed E-state index contributed by atoms with van der Waals surface area (Å²) in [4.78, 5) is 19.0. The number of hydrogen-bond donors (Lipinski definition) is 0. The molecule has 0 aliphatic carbocycles. The maximum absolute atomic E-state index is 13.5. The second-order valence-corrected chi connectivity index (χ2v) is 10.5. The van der Waals surface area contributed by atoms with Gasteiger partial charge in [0.05, 0.1) is 22.8 Å². The predicted octanol–water partition coefficient (Wildman–Crippen LogP) is 6.59. The SMILES string of the molecule is CC(=Nn1c(-c2ccccc2Br)csc1=Nc1c(C)n(C)n(-c2ccccc2)c1=O)c1ccc(C)cc1. The van der Waals surface area contributed by atoms with Gasteiger partial charge >= 0.3 is 0 Å². The van der Waals surface area contributed by atoms with Gasteiger partial charge in [-0.25, -0.2) is 14.4 Å². The van der Waals surface area contributed by atoms with E-state index in [2.05, 4.69) is 47.1 Å². The van der Waals surface area contributed by atoms with Crippen molar-refractivity contribution in [3.63, 3.8) is 0 Å². The minimum atomic E-state index is -0.173. The fraction of sp³-hybridized carbons (Fsp3) is 0.138. The number of aryl methyl sites for hydroxylation is 1. The summed E-state index contributed by atoms with van der Waals surface area (Å²) in [5.41, 5.74) is 6.73. The van der Waals surface area contributed by atoms with Crippen LogP contribution in [0, 0.1) is 13.8 Å². The summed E-state index contributed by atoms with van der Waals surface area (Å²) in [5, 5.41) is 7.02. The molecule has 5 rings (SSSR count). The van der Waals surface area contributed by atoms with Crippen molar-refractivity contribution in [1.82, 2.24) is 14.0 Å². The normalized spacial score (nSPS) is 12.4. The summed E-state index contributed by atoms with van der Waals surface area (Å²) >= 11 is 5.13. The van der Waals surface area contributed by atoms with Crippen molar-refractivity contribution in [3.8, 4) is 16.9 Å². The van der Waals surface area contributed by atoms with Crippen molar-refractivity contribution in [2.45, 2.75) is 20.8 Å². The first-order valence-corrected chi connectivity index (χ1v) is 13.5. The van der Waals surface area contributed by atoms with E-state index in [0.29, 0.717) is 10.5 Å². The lowest BCUT2D eigenvalue weighted by Crippen LogP contribution is -2.20. The van der Waals surface area contributed by atoms with E-state index >= 15 is 0 Å². The van der Waals surface area contributed by atoms with E-state index in [-0.39, 0.29) is 5.56 Å². The summed E-state index contributed by atoms with van der Waals surface area (Å²) in [6.07, 6.45) is 0. The second-order valence-electron chi connectivity index (χ2n) is 8.77. The molecule has 0 aliphatic rings. The molecule has 0 N–H and O–H groups in total. The number of para-hydroxylation sites is 1. The average Bonchev–Trinajstić information content (AvgIpc) is 3.38. The molecule has 5 aromatic rings. The summed E-state index contributed by atoms with van der Waals surface area (Å²) in [6.45, 7) is 5.96. The van der Waals surface area contributed by atoms with E-state index in [9.17, 15) is 4.79 Å². The highest BCUT2D eigenvalue weighted by atomic mass is 79.9. The summed E-state index contributed by atoms with van der Waals surface area (Å²) in [6, 6.07) is 25.9. The Hall–Kier alpha value is -3.75. The zero-order valence-electron chi connectivity index (χ0n) is 21.0. The molecule has 8 heteroatoms. The molecule has 0 bridgehead atoms. The van der Waals surface area contributed by atoms with Crippen molar-refractivity contribution in [2.75, 3.05) is 0 Å². The van der Waals surface area contributed by atoms with E-state index < -0.39 is 0 Å². The Labute approximate surface area is 227 Å². The van der Waals surface area contributed by atoms with Gasteiger partial charge in [0.2, 0.25) is 4.80 Å². The molecule has 0 saturated carbocycles. The van der Waals surface area contributed by atoms with Crippen LogP contribution in [0.3, 0.4) is 0 Å². The van der Waals surface area contributed by atoms with Gasteiger partial charge in [0.15, 0.2) is 5.69 Å². The van der Waals surface area contributed by atoms with Gasteiger partial charge in [0, 0.05) is 22.5 Å². The van der Waals surface area contributed by atoms with Crippen molar-refractivity contribution in [2.24, 2.45) is 17.1 Å². The number of rotatable bonds is 5. The van der Waals surface area contributed by atoms with Crippen LogP contribution in [0.2, 0.25) is 0 Å². The minimum absolute atomic E-state index is 0.173. The van der Waals surface area contributed by atoms with E-state index in [1.165, 1.54) is 16.9 Å².